The molecule has 0 amide bonds. The molecule has 0 heterocycles. The van der Waals surface area contributed by atoms with Gasteiger partial charge >= 0.3 is 5.69 Å². The maximum atomic E-state index is 13.5. The predicted octanol–water partition coefficient (Wildman–Crippen LogP) is 3.89. The largest absolute Gasteiger partial charge is 0.488 e. The van der Waals surface area contributed by atoms with Crippen molar-refractivity contribution in [2.24, 2.45) is 0 Å². The van der Waals surface area contributed by atoms with Crippen LogP contribution in [0.1, 0.15) is 15.9 Å². The minimum absolute atomic E-state index is 0.00259. The van der Waals surface area contributed by atoms with Crippen LogP contribution in [-0.4, -0.2) is 11.2 Å². The van der Waals surface area contributed by atoms with Crippen molar-refractivity contribution in [3.8, 4) is 5.75 Å². The Hall–Kier alpha value is -2.28. The van der Waals surface area contributed by atoms with E-state index in [1.54, 1.807) is 18.2 Å². The maximum Gasteiger partial charge on any atom is 0.304 e. The van der Waals surface area contributed by atoms with E-state index in [2.05, 4.69) is 15.9 Å². The van der Waals surface area contributed by atoms with E-state index in [4.69, 9.17) is 4.74 Å². The summed E-state index contributed by atoms with van der Waals surface area (Å²) in [5.41, 5.74) is 0.195. The zero-order valence-corrected chi connectivity index (χ0v) is 12.2. The van der Waals surface area contributed by atoms with Gasteiger partial charge in [0.2, 0.25) is 5.82 Å². The Labute approximate surface area is 127 Å². The molecule has 0 saturated carbocycles. The molecule has 0 radical (unpaired) electrons. The first-order valence-electron chi connectivity index (χ1n) is 5.81. The molecule has 0 aliphatic carbocycles. The summed E-state index contributed by atoms with van der Waals surface area (Å²) in [5.74, 6) is -0.570. The van der Waals surface area contributed by atoms with E-state index in [1.807, 2.05) is 0 Å². The van der Waals surface area contributed by atoms with E-state index in [9.17, 15) is 19.3 Å². The predicted molar refractivity (Wildman–Crippen MR) is 76.9 cm³/mol. The van der Waals surface area contributed by atoms with Gasteiger partial charge < -0.3 is 4.74 Å². The van der Waals surface area contributed by atoms with E-state index in [0.29, 0.717) is 23.2 Å². The fraction of sp³-hybridized carbons (Fsp3) is 0.0714. The number of benzene rings is 2. The molecule has 0 aromatic heterocycles. The molecule has 0 aliphatic heterocycles. The van der Waals surface area contributed by atoms with Crippen molar-refractivity contribution in [3.63, 3.8) is 0 Å². The van der Waals surface area contributed by atoms with Gasteiger partial charge in [-0.1, -0.05) is 15.9 Å². The zero-order valence-electron chi connectivity index (χ0n) is 10.6. The lowest BCUT2D eigenvalue weighted by Crippen LogP contribution is -2.00. The van der Waals surface area contributed by atoms with Gasteiger partial charge in [-0.3, -0.25) is 14.9 Å². The second kappa shape index (κ2) is 6.45. The normalized spacial score (nSPS) is 10.2. The van der Waals surface area contributed by atoms with Crippen molar-refractivity contribution in [2.45, 2.75) is 6.61 Å². The molecule has 0 spiro atoms. The van der Waals surface area contributed by atoms with E-state index in [0.717, 1.165) is 16.6 Å². The summed E-state index contributed by atoms with van der Waals surface area (Å²) in [6, 6.07) is 8.43. The molecule has 2 rings (SSSR count). The summed E-state index contributed by atoms with van der Waals surface area (Å²) in [5, 5.41) is 10.5. The first-order chi connectivity index (χ1) is 10.0. The number of nitrogens with zero attached hydrogens (tertiary/aromatic N) is 1. The molecule has 2 aromatic rings. The van der Waals surface area contributed by atoms with Crippen LogP contribution in [0.15, 0.2) is 40.9 Å². The van der Waals surface area contributed by atoms with Crippen molar-refractivity contribution < 1.29 is 18.8 Å². The molecule has 2 aromatic carbocycles. The summed E-state index contributed by atoms with van der Waals surface area (Å²) in [4.78, 5) is 20.7. The highest BCUT2D eigenvalue weighted by Gasteiger charge is 2.14. The first kappa shape index (κ1) is 15.1. The number of nitro benzene ring substituents is 1. The third kappa shape index (κ3) is 3.63. The Morgan fingerprint density at radius 3 is 2.67 bits per heavy atom. The molecular weight excluding hydrogens is 345 g/mol. The molecule has 7 heteroatoms. The number of hydrogen-bond donors (Lipinski definition) is 0. The van der Waals surface area contributed by atoms with Crippen molar-refractivity contribution in [1.82, 2.24) is 0 Å². The smallest absolute Gasteiger partial charge is 0.304 e. The molecule has 0 bridgehead atoms. The Morgan fingerprint density at radius 1 is 1.29 bits per heavy atom. The van der Waals surface area contributed by atoms with Crippen LogP contribution in [0.25, 0.3) is 0 Å². The molecule has 0 unspecified atom stereocenters. The number of nitro groups is 1. The third-order valence-corrected chi connectivity index (χ3v) is 3.20. The number of ether oxygens (including phenoxy) is 1. The van der Waals surface area contributed by atoms with Crippen LogP contribution in [0.4, 0.5) is 10.1 Å². The molecule has 108 valence electrons. The van der Waals surface area contributed by atoms with Crippen LogP contribution in [-0.2, 0) is 6.61 Å². The van der Waals surface area contributed by atoms with Crippen molar-refractivity contribution >= 4 is 27.9 Å². The van der Waals surface area contributed by atoms with Crippen LogP contribution in [0.5, 0.6) is 5.75 Å². The number of carbonyl (C=O) groups is 1. The fourth-order valence-electron chi connectivity index (χ4n) is 1.69. The quantitative estimate of drug-likeness (QED) is 0.464. The molecule has 0 saturated heterocycles. The summed E-state index contributed by atoms with van der Waals surface area (Å²) in [7, 11) is 0. The van der Waals surface area contributed by atoms with Crippen LogP contribution in [0.3, 0.4) is 0 Å². The zero-order chi connectivity index (χ0) is 15.4. The number of aldehydes is 1. The average Bonchev–Trinajstić information content (AvgIpc) is 2.45. The third-order valence-electron chi connectivity index (χ3n) is 2.70. The van der Waals surface area contributed by atoms with Crippen LogP contribution in [0.2, 0.25) is 0 Å². The van der Waals surface area contributed by atoms with E-state index in [1.165, 1.54) is 6.07 Å². The van der Waals surface area contributed by atoms with Crippen molar-refractivity contribution in [3.05, 3.63) is 67.9 Å². The van der Waals surface area contributed by atoms with Gasteiger partial charge in [-0.25, -0.2) is 0 Å². The first-order valence-corrected chi connectivity index (χ1v) is 6.61. The molecule has 0 N–H and O–H groups in total. The molecule has 0 atom stereocenters. The molecular formula is C14H9BrFNO4. The second-order valence-electron chi connectivity index (χ2n) is 4.13. The maximum absolute atomic E-state index is 13.5. The van der Waals surface area contributed by atoms with Gasteiger partial charge in [-0.2, -0.15) is 4.39 Å². The molecule has 0 aliphatic rings. The van der Waals surface area contributed by atoms with Crippen LogP contribution >= 0.6 is 15.9 Å². The highest BCUT2D eigenvalue weighted by molar-refractivity contribution is 9.10. The van der Waals surface area contributed by atoms with Gasteiger partial charge in [0.05, 0.1) is 10.5 Å². The molecule has 0 fully saturated rings. The minimum atomic E-state index is -0.924. The van der Waals surface area contributed by atoms with E-state index < -0.39 is 16.4 Å². The SMILES string of the molecule is O=Cc1cc(Br)ccc1OCc1ccc([N+](=O)[O-])c(F)c1. The minimum Gasteiger partial charge on any atom is -0.488 e. The highest BCUT2D eigenvalue weighted by Crippen LogP contribution is 2.24. The lowest BCUT2D eigenvalue weighted by atomic mass is 10.2. The number of rotatable bonds is 5. The van der Waals surface area contributed by atoms with Gasteiger partial charge in [-0.15, -0.1) is 0 Å². The Bertz CT molecular complexity index is 705. The van der Waals surface area contributed by atoms with Gasteiger partial charge in [0.1, 0.15) is 12.4 Å². The van der Waals surface area contributed by atoms with Gasteiger partial charge in [0.25, 0.3) is 0 Å². The van der Waals surface area contributed by atoms with Gasteiger partial charge in [0.15, 0.2) is 6.29 Å². The van der Waals surface area contributed by atoms with Crippen molar-refractivity contribution in [2.75, 3.05) is 0 Å². The van der Waals surface area contributed by atoms with Gasteiger partial charge in [0, 0.05) is 10.5 Å². The Morgan fingerprint density at radius 2 is 2.05 bits per heavy atom. The van der Waals surface area contributed by atoms with E-state index >= 15 is 0 Å². The average molecular weight is 354 g/mol. The monoisotopic (exact) mass is 353 g/mol. The summed E-state index contributed by atoms with van der Waals surface area (Å²) in [6.07, 6.45) is 0.649. The van der Waals surface area contributed by atoms with Gasteiger partial charge in [-0.05, 0) is 35.9 Å². The number of carbonyl (C=O) groups excluding carboxylic acids is 1. The standard InChI is InChI=1S/C14H9BrFNO4/c15-11-2-4-14(10(6-11)7-18)21-8-9-1-3-13(17(19)20)12(16)5-9/h1-7H,8H2. The number of halogens is 2. The lowest BCUT2D eigenvalue weighted by Gasteiger charge is -2.09. The van der Waals surface area contributed by atoms with E-state index in [-0.39, 0.29) is 6.61 Å². The summed E-state index contributed by atoms with van der Waals surface area (Å²) >= 11 is 3.24. The fourth-order valence-corrected chi connectivity index (χ4v) is 2.07. The van der Waals surface area contributed by atoms with Crippen molar-refractivity contribution in [1.29, 1.82) is 0 Å². The van der Waals surface area contributed by atoms with Crippen LogP contribution in [0, 0.1) is 15.9 Å². The number of hydrogen-bond acceptors (Lipinski definition) is 4. The molecule has 21 heavy (non-hydrogen) atoms. The van der Waals surface area contributed by atoms with Crippen LogP contribution < -0.4 is 4.74 Å². The summed E-state index contributed by atoms with van der Waals surface area (Å²) < 4.78 is 19.6. The highest BCUT2D eigenvalue weighted by atomic mass is 79.9. The Kier molecular flexibility index (Phi) is 4.64. The molecule has 5 nitrogen and oxygen atoms in total. The topological polar surface area (TPSA) is 69.4 Å². The lowest BCUT2D eigenvalue weighted by molar-refractivity contribution is -0.387. The second-order valence-corrected chi connectivity index (χ2v) is 5.05. The Balaban J connectivity index is 2.15. The summed E-state index contributed by atoms with van der Waals surface area (Å²) in [6.45, 7) is -0.00259.